The second kappa shape index (κ2) is 10.5. The second-order valence-corrected chi connectivity index (χ2v) is 9.67. The van der Waals surface area contributed by atoms with Crippen LogP contribution in [-0.4, -0.2) is 51.9 Å². The standard InChI is InChI=1S/C22H26N6O4S/c29-22(16-28-25-21(24-26-28)17-32-19-8-4-3-5-9-19)23-18-10-12-20(13-11-18)33(30,31)27-14-6-1-2-7-15-27/h3-5,8-13H,1-2,6-7,14-17H2,(H,23,29). The van der Waals surface area contributed by atoms with Crippen molar-refractivity contribution in [3.05, 3.63) is 60.4 Å². The molecule has 0 radical (unpaired) electrons. The molecule has 1 amide bonds. The Balaban J connectivity index is 1.30. The third kappa shape index (κ3) is 6.14. The van der Waals surface area contributed by atoms with Gasteiger partial charge in [0.1, 0.15) is 12.3 Å². The fourth-order valence-corrected chi connectivity index (χ4v) is 5.05. The molecule has 0 atom stereocenters. The maximum absolute atomic E-state index is 12.9. The number of para-hydroxylation sites is 1. The van der Waals surface area contributed by atoms with Crippen molar-refractivity contribution >= 4 is 21.6 Å². The van der Waals surface area contributed by atoms with E-state index in [0.717, 1.165) is 25.7 Å². The van der Waals surface area contributed by atoms with Crippen LogP contribution in [-0.2, 0) is 28.0 Å². The highest BCUT2D eigenvalue weighted by molar-refractivity contribution is 7.89. The summed E-state index contributed by atoms with van der Waals surface area (Å²) in [5.41, 5.74) is 0.488. The lowest BCUT2D eigenvalue weighted by atomic mass is 10.2. The van der Waals surface area contributed by atoms with Crippen molar-refractivity contribution in [1.29, 1.82) is 0 Å². The number of hydrogen-bond donors (Lipinski definition) is 1. The normalized spacial score (nSPS) is 15.0. The van der Waals surface area contributed by atoms with Gasteiger partial charge in [0.2, 0.25) is 21.8 Å². The van der Waals surface area contributed by atoms with Gasteiger partial charge in [-0.2, -0.15) is 9.10 Å². The van der Waals surface area contributed by atoms with Gasteiger partial charge in [0.25, 0.3) is 0 Å². The van der Waals surface area contributed by atoms with Crippen molar-refractivity contribution in [1.82, 2.24) is 24.5 Å². The molecule has 1 fully saturated rings. The Morgan fingerprint density at radius 2 is 1.67 bits per heavy atom. The zero-order valence-electron chi connectivity index (χ0n) is 18.1. The highest BCUT2D eigenvalue weighted by atomic mass is 32.2. The molecule has 0 aliphatic carbocycles. The van der Waals surface area contributed by atoms with E-state index in [1.165, 1.54) is 16.9 Å². The van der Waals surface area contributed by atoms with E-state index in [2.05, 4.69) is 20.7 Å². The molecule has 33 heavy (non-hydrogen) atoms. The Morgan fingerprint density at radius 1 is 0.970 bits per heavy atom. The zero-order valence-corrected chi connectivity index (χ0v) is 18.9. The summed E-state index contributed by atoms with van der Waals surface area (Å²) >= 11 is 0. The molecule has 3 aromatic rings. The molecular weight excluding hydrogens is 444 g/mol. The van der Waals surface area contributed by atoms with Crippen LogP contribution in [0.15, 0.2) is 59.5 Å². The number of aromatic nitrogens is 4. The number of anilines is 1. The molecule has 10 nitrogen and oxygen atoms in total. The minimum Gasteiger partial charge on any atom is -0.485 e. The van der Waals surface area contributed by atoms with Crippen LogP contribution >= 0.6 is 0 Å². The summed E-state index contributed by atoms with van der Waals surface area (Å²) in [5, 5.41) is 14.6. The van der Waals surface area contributed by atoms with Gasteiger partial charge < -0.3 is 10.1 Å². The lowest BCUT2D eigenvalue weighted by Crippen LogP contribution is -2.31. The number of rotatable bonds is 8. The topological polar surface area (TPSA) is 119 Å². The molecular formula is C22H26N6O4S. The quantitative estimate of drug-likeness (QED) is 0.537. The minimum atomic E-state index is -3.53. The zero-order chi connectivity index (χ0) is 23.1. The molecule has 11 heteroatoms. The first-order valence-electron chi connectivity index (χ1n) is 10.9. The number of hydrogen-bond acceptors (Lipinski definition) is 7. The number of tetrazole rings is 1. The van der Waals surface area contributed by atoms with Crippen LogP contribution in [0.2, 0.25) is 0 Å². The first-order chi connectivity index (χ1) is 16.0. The molecule has 1 aliphatic heterocycles. The molecule has 2 heterocycles. The van der Waals surface area contributed by atoms with Gasteiger partial charge in [0.15, 0.2) is 6.61 Å². The molecule has 0 saturated carbocycles. The first-order valence-corrected chi connectivity index (χ1v) is 12.3. The van der Waals surface area contributed by atoms with Crippen molar-refractivity contribution in [3.63, 3.8) is 0 Å². The van der Waals surface area contributed by atoms with Gasteiger partial charge in [0, 0.05) is 18.8 Å². The van der Waals surface area contributed by atoms with E-state index in [-0.39, 0.29) is 24.0 Å². The fourth-order valence-electron chi connectivity index (χ4n) is 3.54. The number of amides is 1. The summed E-state index contributed by atoms with van der Waals surface area (Å²) in [7, 11) is -3.53. The average molecular weight is 471 g/mol. The molecule has 1 saturated heterocycles. The third-order valence-corrected chi connectivity index (χ3v) is 7.14. The predicted octanol–water partition coefficient (Wildman–Crippen LogP) is 2.46. The molecule has 0 bridgehead atoms. The van der Waals surface area contributed by atoms with Gasteiger partial charge in [-0.25, -0.2) is 8.42 Å². The molecule has 4 rings (SSSR count). The van der Waals surface area contributed by atoms with Crippen LogP contribution in [0, 0.1) is 0 Å². The Labute approximate surface area is 192 Å². The largest absolute Gasteiger partial charge is 0.485 e. The second-order valence-electron chi connectivity index (χ2n) is 7.73. The number of benzene rings is 2. The molecule has 1 aromatic heterocycles. The van der Waals surface area contributed by atoms with Gasteiger partial charge in [0.05, 0.1) is 4.90 Å². The monoisotopic (exact) mass is 470 g/mol. The summed E-state index contributed by atoms with van der Waals surface area (Å²) < 4.78 is 32.8. The summed E-state index contributed by atoms with van der Waals surface area (Å²) in [4.78, 5) is 13.7. The predicted molar refractivity (Wildman–Crippen MR) is 121 cm³/mol. The minimum absolute atomic E-state index is 0.133. The lowest BCUT2D eigenvalue weighted by molar-refractivity contribution is -0.117. The van der Waals surface area contributed by atoms with E-state index in [9.17, 15) is 13.2 Å². The average Bonchev–Trinajstić information content (AvgIpc) is 3.07. The van der Waals surface area contributed by atoms with Gasteiger partial charge in [-0.3, -0.25) is 4.79 Å². The molecule has 2 aromatic carbocycles. The number of sulfonamides is 1. The van der Waals surface area contributed by atoms with Gasteiger partial charge >= 0.3 is 0 Å². The Hall–Kier alpha value is -3.31. The molecule has 1 N–H and O–H groups in total. The van der Waals surface area contributed by atoms with Gasteiger partial charge in [-0.1, -0.05) is 31.0 Å². The van der Waals surface area contributed by atoms with Gasteiger partial charge in [-0.15, -0.1) is 10.2 Å². The smallest absolute Gasteiger partial charge is 0.248 e. The number of carbonyl (C=O) groups excluding carboxylic acids is 1. The Morgan fingerprint density at radius 3 is 2.36 bits per heavy atom. The number of ether oxygens (including phenoxy) is 1. The van der Waals surface area contributed by atoms with Gasteiger partial charge in [-0.05, 0) is 54.5 Å². The van der Waals surface area contributed by atoms with E-state index in [1.807, 2.05) is 30.3 Å². The van der Waals surface area contributed by atoms with Crippen molar-refractivity contribution in [2.75, 3.05) is 18.4 Å². The van der Waals surface area contributed by atoms with E-state index in [0.29, 0.717) is 30.4 Å². The number of nitrogens with zero attached hydrogens (tertiary/aromatic N) is 5. The van der Waals surface area contributed by atoms with Crippen LogP contribution in [0.5, 0.6) is 5.75 Å². The summed E-state index contributed by atoms with van der Waals surface area (Å²) in [5.74, 6) is 0.689. The Bertz CT molecular complexity index is 1160. The summed E-state index contributed by atoms with van der Waals surface area (Å²) in [6.45, 7) is 1.10. The molecule has 0 unspecified atom stereocenters. The van der Waals surface area contributed by atoms with Crippen molar-refractivity contribution < 1.29 is 17.9 Å². The van der Waals surface area contributed by atoms with Crippen LogP contribution in [0.4, 0.5) is 5.69 Å². The highest BCUT2D eigenvalue weighted by Crippen LogP contribution is 2.21. The van der Waals surface area contributed by atoms with Crippen LogP contribution in [0.1, 0.15) is 31.5 Å². The van der Waals surface area contributed by atoms with E-state index >= 15 is 0 Å². The van der Waals surface area contributed by atoms with Crippen LogP contribution < -0.4 is 10.1 Å². The van der Waals surface area contributed by atoms with Crippen molar-refractivity contribution in [3.8, 4) is 5.75 Å². The van der Waals surface area contributed by atoms with Crippen LogP contribution in [0.3, 0.4) is 0 Å². The Kier molecular flexibility index (Phi) is 7.30. The molecule has 1 aliphatic rings. The number of carbonyl (C=O) groups is 1. The highest BCUT2D eigenvalue weighted by Gasteiger charge is 2.25. The van der Waals surface area contributed by atoms with E-state index in [4.69, 9.17) is 4.74 Å². The lowest BCUT2D eigenvalue weighted by Gasteiger charge is -2.20. The summed E-state index contributed by atoms with van der Waals surface area (Å²) in [6, 6.07) is 15.5. The van der Waals surface area contributed by atoms with Crippen molar-refractivity contribution in [2.24, 2.45) is 0 Å². The van der Waals surface area contributed by atoms with E-state index in [1.54, 1.807) is 16.4 Å². The SMILES string of the molecule is O=C(Cn1nnc(COc2ccccc2)n1)Nc1ccc(S(=O)(=O)N2CCCCCC2)cc1. The van der Waals surface area contributed by atoms with E-state index < -0.39 is 10.0 Å². The van der Waals surface area contributed by atoms with Crippen molar-refractivity contribution in [2.45, 2.75) is 43.7 Å². The fraction of sp³-hybridized carbons (Fsp3) is 0.364. The maximum atomic E-state index is 12.9. The molecule has 174 valence electrons. The van der Waals surface area contributed by atoms with Crippen LogP contribution in [0.25, 0.3) is 0 Å². The first kappa shape index (κ1) is 22.9. The maximum Gasteiger partial charge on any atom is 0.248 e. The number of nitrogens with one attached hydrogen (secondary N) is 1. The molecule has 0 spiro atoms. The summed E-state index contributed by atoms with van der Waals surface area (Å²) in [6.07, 6.45) is 3.87. The third-order valence-electron chi connectivity index (χ3n) is 5.23.